The normalized spacial score (nSPS) is 20.3. The monoisotopic (exact) mass is 249 g/mol. The van der Waals surface area contributed by atoms with Gasteiger partial charge >= 0.3 is 0 Å². The van der Waals surface area contributed by atoms with E-state index in [0.29, 0.717) is 6.54 Å². The first kappa shape index (κ1) is 11.8. The van der Waals surface area contributed by atoms with Gasteiger partial charge in [0.2, 0.25) is 0 Å². The Morgan fingerprint density at radius 1 is 1.17 bits per heavy atom. The molecule has 1 aliphatic carbocycles. The summed E-state index contributed by atoms with van der Waals surface area (Å²) in [7, 11) is 1.62. The van der Waals surface area contributed by atoms with Gasteiger partial charge in [-0.1, -0.05) is 12.5 Å². The fraction of sp³-hybridized carbons (Fsp3) is 0.571. The third-order valence-corrected chi connectivity index (χ3v) is 3.64. The molecule has 0 atom stereocenters. The molecule has 1 saturated carbocycles. The highest BCUT2D eigenvalue weighted by Gasteiger charge is 2.42. The van der Waals surface area contributed by atoms with Crippen LogP contribution in [0.3, 0.4) is 0 Å². The molecule has 3 rings (SSSR count). The van der Waals surface area contributed by atoms with E-state index in [1.54, 1.807) is 7.11 Å². The molecular weight excluding hydrogens is 230 g/mol. The molecule has 1 spiro atoms. The Morgan fingerprint density at radius 2 is 1.94 bits per heavy atom. The highest BCUT2D eigenvalue weighted by atomic mass is 16.7. The van der Waals surface area contributed by atoms with Gasteiger partial charge in [0.1, 0.15) is 0 Å². The molecule has 0 radical (unpaired) electrons. The maximum Gasteiger partial charge on any atom is 0.251 e. The first-order valence-electron chi connectivity index (χ1n) is 6.58. The molecule has 0 saturated heterocycles. The van der Waals surface area contributed by atoms with Gasteiger partial charge in [0.05, 0.1) is 7.11 Å². The van der Waals surface area contributed by atoms with E-state index in [1.807, 2.05) is 18.2 Å². The lowest BCUT2D eigenvalue weighted by molar-refractivity contribution is -0.105. The van der Waals surface area contributed by atoms with Crippen molar-refractivity contribution in [3.05, 3.63) is 23.8 Å². The summed E-state index contributed by atoms with van der Waals surface area (Å²) in [4.78, 5) is 4.85. The molecule has 1 fully saturated rings. The standard InChI is InChI=1S/C14H19NO3/c1-16-15-10-11-5-6-12-13(9-11)18-14(17-12)7-3-2-4-8-14/h5-6,9,15H,2-4,7-8,10H2,1H3. The largest absolute Gasteiger partial charge is 0.448 e. The maximum atomic E-state index is 6.07. The van der Waals surface area contributed by atoms with Crippen LogP contribution in [0, 0.1) is 0 Å². The van der Waals surface area contributed by atoms with Gasteiger partial charge < -0.3 is 14.3 Å². The molecule has 0 bridgehead atoms. The average molecular weight is 249 g/mol. The lowest BCUT2D eigenvalue weighted by Gasteiger charge is -2.31. The Bertz CT molecular complexity index is 427. The summed E-state index contributed by atoms with van der Waals surface area (Å²) in [6.45, 7) is 0.667. The molecule has 4 nitrogen and oxygen atoms in total. The Hall–Kier alpha value is -1.26. The first-order valence-corrected chi connectivity index (χ1v) is 6.58. The third kappa shape index (κ3) is 2.18. The summed E-state index contributed by atoms with van der Waals surface area (Å²) < 4.78 is 12.1. The smallest absolute Gasteiger partial charge is 0.251 e. The number of hydroxylamine groups is 1. The summed E-state index contributed by atoms with van der Waals surface area (Å²) in [6.07, 6.45) is 5.65. The van der Waals surface area contributed by atoms with Crippen molar-refractivity contribution in [2.24, 2.45) is 0 Å². The number of hydrogen-bond acceptors (Lipinski definition) is 4. The van der Waals surface area contributed by atoms with E-state index in [4.69, 9.17) is 14.3 Å². The molecule has 1 aromatic rings. The van der Waals surface area contributed by atoms with Crippen LogP contribution in [-0.2, 0) is 11.4 Å². The number of nitrogens with one attached hydrogen (secondary N) is 1. The molecule has 1 aromatic carbocycles. The van der Waals surface area contributed by atoms with E-state index < -0.39 is 0 Å². The molecule has 0 aromatic heterocycles. The van der Waals surface area contributed by atoms with E-state index in [0.717, 1.165) is 29.9 Å². The van der Waals surface area contributed by atoms with E-state index in [9.17, 15) is 0 Å². The summed E-state index contributed by atoms with van der Waals surface area (Å²) in [6, 6.07) is 6.06. The van der Waals surface area contributed by atoms with Crippen LogP contribution in [0.25, 0.3) is 0 Å². The van der Waals surface area contributed by atoms with Gasteiger partial charge in [-0.3, -0.25) is 0 Å². The number of benzene rings is 1. The van der Waals surface area contributed by atoms with Crippen LogP contribution < -0.4 is 15.0 Å². The summed E-state index contributed by atoms with van der Waals surface area (Å²) in [5, 5.41) is 0. The van der Waals surface area contributed by atoms with Gasteiger partial charge in [-0.05, 0) is 30.5 Å². The summed E-state index contributed by atoms with van der Waals surface area (Å²) in [5.74, 6) is 1.36. The Balaban J connectivity index is 1.76. The van der Waals surface area contributed by atoms with Crippen molar-refractivity contribution in [1.29, 1.82) is 0 Å². The van der Waals surface area contributed by atoms with E-state index >= 15 is 0 Å². The predicted molar refractivity (Wildman–Crippen MR) is 67.4 cm³/mol. The zero-order valence-corrected chi connectivity index (χ0v) is 10.7. The number of fused-ring (bicyclic) bond motifs is 1. The van der Waals surface area contributed by atoms with E-state index in [2.05, 4.69) is 5.48 Å². The Labute approximate surface area is 107 Å². The minimum Gasteiger partial charge on any atom is -0.448 e. The molecule has 1 N–H and O–H groups in total. The third-order valence-electron chi connectivity index (χ3n) is 3.64. The zero-order valence-electron chi connectivity index (χ0n) is 10.7. The second kappa shape index (κ2) is 4.78. The van der Waals surface area contributed by atoms with E-state index in [1.165, 1.54) is 19.3 Å². The lowest BCUT2D eigenvalue weighted by Crippen LogP contribution is -2.40. The molecule has 1 aliphatic heterocycles. The predicted octanol–water partition coefficient (Wildman–Crippen LogP) is 2.77. The SMILES string of the molecule is CONCc1ccc2c(c1)OC1(CCCCC1)O2. The van der Waals surface area contributed by atoms with Crippen molar-refractivity contribution in [2.45, 2.75) is 44.4 Å². The van der Waals surface area contributed by atoms with Crippen molar-refractivity contribution in [1.82, 2.24) is 5.48 Å². The van der Waals surface area contributed by atoms with Crippen molar-refractivity contribution in [2.75, 3.05) is 7.11 Å². The molecule has 0 unspecified atom stereocenters. The van der Waals surface area contributed by atoms with Gasteiger partial charge in [0.25, 0.3) is 5.79 Å². The lowest BCUT2D eigenvalue weighted by atomic mass is 9.94. The second-order valence-electron chi connectivity index (χ2n) is 4.98. The van der Waals surface area contributed by atoms with Gasteiger partial charge in [0.15, 0.2) is 11.5 Å². The number of ether oxygens (including phenoxy) is 2. The van der Waals surface area contributed by atoms with Gasteiger partial charge in [-0.15, -0.1) is 0 Å². The number of hydrogen-bond donors (Lipinski definition) is 1. The van der Waals surface area contributed by atoms with Crippen LogP contribution in [-0.4, -0.2) is 12.9 Å². The Morgan fingerprint density at radius 3 is 2.72 bits per heavy atom. The van der Waals surface area contributed by atoms with Gasteiger partial charge in [-0.2, -0.15) is 5.48 Å². The number of rotatable bonds is 3. The second-order valence-corrected chi connectivity index (χ2v) is 4.98. The molecule has 4 heteroatoms. The van der Waals surface area contributed by atoms with Crippen LogP contribution in [0.15, 0.2) is 18.2 Å². The highest BCUT2D eigenvalue weighted by Crippen LogP contribution is 2.45. The van der Waals surface area contributed by atoms with Gasteiger partial charge in [-0.25, -0.2) is 0 Å². The topological polar surface area (TPSA) is 39.7 Å². The van der Waals surface area contributed by atoms with Crippen molar-refractivity contribution in [3.8, 4) is 11.5 Å². The molecule has 2 aliphatic rings. The fourth-order valence-corrected chi connectivity index (χ4v) is 2.70. The van der Waals surface area contributed by atoms with Crippen molar-refractivity contribution in [3.63, 3.8) is 0 Å². The van der Waals surface area contributed by atoms with Crippen LogP contribution in [0.2, 0.25) is 0 Å². The van der Waals surface area contributed by atoms with Crippen molar-refractivity contribution < 1.29 is 14.3 Å². The van der Waals surface area contributed by atoms with Crippen LogP contribution in [0.4, 0.5) is 0 Å². The fourth-order valence-electron chi connectivity index (χ4n) is 2.70. The van der Waals surface area contributed by atoms with Crippen LogP contribution >= 0.6 is 0 Å². The average Bonchev–Trinajstić information content (AvgIpc) is 2.73. The molecule has 0 amide bonds. The minimum atomic E-state index is -0.381. The first-order chi connectivity index (χ1) is 8.81. The molecule has 1 heterocycles. The molecular formula is C14H19NO3. The highest BCUT2D eigenvalue weighted by molar-refractivity contribution is 5.46. The summed E-state index contributed by atoms with van der Waals surface area (Å²) in [5.41, 5.74) is 3.96. The molecule has 18 heavy (non-hydrogen) atoms. The van der Waals surface area contributed by atoms with E-state index in [-0.39, 0.29) is 5.79 Å². The maximum absolute atomic E-state index is 6.07. The van der Waals surface area contributed by atoms with Crippen molar-refractivity contribution >= 4 is 0 Å². The van der Waals surface area contributed by atoms with Gasteiger partial charge in [0, 0.05) is 19.4 Å². The zero-order chi connectivity index (χ0) is 12.4. The quantitative estimate of drug-likeness (QED) is 0.836. The minimum absolute atomic E-state index is 0.381. The summed E-state index contributed by atoms with van der Waals surface area (Å²) >= 11 is 0. The van der Waals surface area contributed by atoms with Crippen LogP contribution in [0.1, 0.15) is 37.7 Å². The molecule has 98 valence electrons. The van der Waals surface area contributed by atoms with Crippen LogP contribution in [0.5, 0.6) is 11.5 Å². The Kier molecular flexibility index (Phi) is 3.14.